The van der Waals surface area contributed by atoms with Gasteiger partial charge < -0.3 is 3.96 Å². The number of hydrogen-bond acceptors (Lipinski definition) is 2. The van der Waals surface area contributed by atoms with Crippen LogP contribution in [-0.2, 0) is 13.0 Å². The molecule has 0 saturated heterocycles. The first kappa shape index (κ1) is 9.21. The summed E-state index contributed by atoms with van der Waals surface area (Å²) in [5.74, 6) is 0. The topological polar surface area (TPSA) is 22.0 Å². The zero-order valence-corrected chi connectivity index (χ0v) is 8.54. The van der Waals surface area contributed by atoms with E-state index >= 15 is 0 Å². The summed E-state index contributed by atoms with van der Waals surface area (Å²) in [5.41, 5.74) is 1.31. The maximum Gasteiger partial charge on any atom is 0.249 e. The van der Waals surface area contributed by atoms with E-state index in [0.717, 1.165) is 13.0 Å². The van der Waals surface area contributed by atoms with Gasteiger partial charge in [-0.05, 0) is 23.5 Å². The van der Waals surface area contributed by atoms with Gasteiger partial charge in [0, 0.05) is 18.8 Å². The summed E-state index contributed by atoms with van der Waals surface area (Å²) in [7, 11) is 0. The Labute approximate surface area is 86.6 Å². The number of hydrogen-bond donors (Lipinski definition) is 0. The van der Waals surface area contributed by atoms with Crippen LogP contribution in [0.5, 0.6) is 0 Å². The standard InChI is InChI=1S/C11H11NOS/c13-11-7-9-12(14-11)8-6-10-4-2-1-3-5-10/h1-5,7,9H,6,8H2. The Morgan fingerprint density at radius 3 is 2.57 bits per heavy atom. The molecule has 0 saturated carbocycles. The van der Waals surface area contributed by atoms with Crippen molar-refractivity contribution in [3.63, 3.8) is 0 Å². The normalized spacial score (nSPS) is 10.3. The average Bonchev–Trinajstić information content (AvgIpc) is 2.63. The number of rotatable bonds is 3. The molecule has 0 aliphatic carbocycles. The molecule has 72 valence electrons. The predicted octanol–water partition coefficient (Wildman–Crippen LogP) is 2.15. The highest BCUT2D eigenvalue weighted by molar-refractivity contribution is 7.03. The van der Waals surface area contributed by atoms with E-state index in [1.807, 2.05) is 28.4 Å². The van der Waals surface area contributed by atoms with E-state index in [0.29, 0.717) is 0 Å². The van der Waals surface area contributed by atoms with Crippen LogP contribution in [0.2, 0.25) is 0 Å². The fourth-order valence-corrected chi connectivity index (χ4v) is 1.98. The minimum Gasteiger partial charge on any atom is -0.302 e. The summed E-state index contributed by atoms with van der Waals surface area (Å²) in [6.07, 6.45) is 2.82. The molecule has 0 unspecified atom stereocenters. The Bertz CT molecular complexity index is 444. The predicted molar refractivity (Wildman–Crippen MR) is 58.7 cm³/mol. The van der Waals surface area contributed by atoms with E-state index in [4.69, 9.17) is 0 Å². The molecule has 0 spiro atoms. The summed E-state index contributed by atoms with van der Waals surface area (Å²) in [5, 5.41) is 0. The highest BCUT2D eigenvalue weighted by atomic mass is 32.1. The van der Waals surface area contributed by atoms with Crippen LogP contribution >= 0.6 is 11.5 Å². The van der Waals surface area contributed by atoms with Crippen molar-refractivity contribution in [2.75, 3.05) is 0 Å². The van der Waals surface area contributed by atoms with E-state index in [1.54, 1.807) is 6.07 Å². The number of aryl methyl sites for hydroxylation is 2. The third-order valence-corrected chi connectivity index (χ3v) is 2.90. The fourth-order valence-electron chi connectivity index (χ4n) is 1.32. The van der Waals surface area contributed by atoms with Crippen LogP contribution in [0.15, 0.2) is 47.4 Å². The molecule has 14 heavy (non-hydrogen) atoms. The summed E-state index contributed by atoms with van der Waals surface area (Å²) < 4.78 is 2.09. The van der Waals surface area contributed by atoms with Crippen molar-refractivity contribution in [1.29, 1.82) is 0 Å². The highest BCUT2D eigenvalue weighted by Gasteiger charge is 1.94. The lowest BCUT2D eigenvalue weighted by molar-refractivity contribution is 0.754. The van der Waals surface area contributed by atoms with E-state index in [9.17, 15) is 4.79 Å². The van der Waals surface area contributed by atoms with Crippen LogP contribution in [0.3, 0.4) is 0 Å². The Kier molecular flexibility index (Phi) is 2.79. The van der Waals surface area contributed by atoms with Crippen molar-refractivity contribution in [1.82, 2.24) is 3.96 Å². The third-order valence-electron chi connectivity index (χ3n) is 2.05. The maximum absolute atomic E-state index is 10.9. The lowest BCUT2D eigenvalue weighted by Crippen LogP contribution is -1.96. The molecule has 2 nitrogen and oxygen atoms in total. The second-order valence-electron chi connectivity index (χ2n) is 3.10. The van der Waals surface area contributed by atoms with Crippen molar-refractivity contribution in [3.05, 3.63) is 57.7 Å². The number of aromatic nitrogens is 1. The van der Waals surface area contributed by atoms with Gasteiger partial charge in [-0.15, -0.1) is 0 Å². The molecule has 0 atom stereocenters. The van der Waals surface area contributed by atoms with Gasteiger partial charge in [-0.1, -0.05) is 30.3 Å². The molecule has 2 rings (SSSR count). The smallest absolute Gasteiger partial charge is 0.249 e. The van der Waals surface area contributed by atoms with Gasteiger partial charge in [0.15, 0.2) is 0 Å². The summed E-state index contributed by atoms with van der Waals surface area (Å²) in [6, 6.07) is 11.9. The van der Waals surface area contributed by atoms with Gasteiger partial charge in [0.25, 0.3) is 0 Å². The molecule has 1 aromatic heterocycles. The van der Waals surface area contributed by atoms with Crippen molar-refractivity contribution in [3.8, 4) is 0 Å². The molecule has 0 bridgehead atoms. The van der Waals surface area contributed by atoms with Gasteiger partial charge in [-0.3, -0.25) is 4.79 Å². The van der Waals surface area contributed by atoms with E-state index in [-0.39, 0.29) is 4.74 Å². The SMILES string of the molecule is O=c1ccn(CCc2ccccc2)s1. The Hall–Kier alpha value is -1.35. The monoisotopic (exact) mass is 205 g/mol. The van der Waals surface area contributed by atoms with Gasteiger partial charge in [0.1, 0.15) is 0 Å². The van der Waals surface area contributed by atoms with Crippen molar-refractivity contribution < 1.29 is 0 Å². The lowest BCUT2D eigenvalue weighted by atomic mass is 10.2. The Balaban J connectivity index is 1.98. The fraction of sp³-hybridized carbons (Fsp3) is 0.182. The molecule has 0 amide bonds. The molecule has 1 heterocycles. The number of benzene rings is 1. The van der Waals surface area contributed by atoms with E-state index < -0.39 is 0 Å². The summed E-state index contributed by atoms with van der Waals surface area (Å²) in [6.45, 7) is 0.886. The van der Waals surface area contributed by atoms with Gasteiger partial charge in [0.05, 0.1) is 0 Å². The van der Waals surface area contributed by atoms with Crippen LogP contribution in [0.4, 0.5) is 0 Å². The zero-order chi connectivity index (χ0) is 9.80. The molecular weight excluding hydrogens is 194 g/mol. The molecule has 0 aliphatic heterocycles. The molecule has 0 fully saturated rings. The average molecular weight is 205 g/mol. The highest BCUT2D eigenvalue weighted by Crippen LogP contribution is 2.02. The largest absolute Gasteiger partial charge is 0.302 e. The first-order valence-electron chi connectivity index (χ1n) is 4.55. The quantitative estimate of drug-likeness (QED) is 0.752. The molecular formula is C11H11NOS. The molecule has 1 aromatic carbocycles. The van der Waals surface area contributed by atoms with Crippen molar-refractivity contribution >= 4 is 11.5 Å². The van der Waals surface area contributed by atoms with E-state index in [2.05, 4.69) is 12.1 Å². The van der Waals surface area contributed by atoms with Gasteiger partial charge in [0.2, 0.25) is 4.74 Å². The second kappa shape index (κ2) is 4.24. The number of nitrogens with zero attached hydrogens (tertiary/aromatic N) is 1. The Morgan fingerprint density at radius 2 is 1.93 bits per heavy atom. The van der Waals surface area contributed by atoms with Crippen molar-refractivity contribution in [2.45, 2.75) is 13.0 Å². The summed E-state index contributed by atoms with van der Waals surface area (Å²) >= 11 is 1.27. The molecule has 2 aromatic rings. The lowest BCUT2D eigenvalue weighted by Gasteiger charge is -2.00. The second-order valence-corrected chi connectivity index (χ2v) is 4.16. The molecule has 0 radical (unpaired) electrons. The third kappa shape index (κ3) is 2.33. The van der Waals surface area contributed by atoms with Crippen molar-refractivity contribution in [2.24, 2.45) is 0 Å². The molecule has 3 heteroatoms. The Morgan fingerprint density at radius 1 is 1.14 bits per heavy atom. The van der Waals surface area contributed by atoms with Crippen LogP contribution < -0.4 is 4.74 Å². The zero-order valence-electron chi connectivity index (χ0n) is 7.72. The van der Waals surface area contributed by atoms with Crippen LogP contribution in [-0.4, -0.2) is 3.96 Å². The maximum atomic E-state index is 10.9. The molecule has 0 aliphatic rings. The van der Waals surface area contributed by atoms with Crippen LogP contribution in [0.25, 0.3) is 0 Å². The molecule has 0 N–H and O–H groups in total. The van der Waals surface area contributed by atoms with Gasteiger partial charge >= 0.3 is 0 Å². The first-order chi connectivity index (χ1) is 6.84. The van der Waals surface area contributed by atoms with Crippen LogP contribution in [0, 0.1) is 0 Å². The minimum atomic E-state index is 0.123. The first-order valence-corrected chi connectivity index (χ1v) is 5.32. The van der Waals surface area contributed by atoms with Gasteiger partial charge in [-0.2, -0.15) is 0 Å². The van der Waals surface area contributed by atoms with Gasteiger partial charge in [-0.25, -0.2) is 0 Å². The van der Waals surface area contributed by atoms with E-state index in [1.165, 1.54) is 17.1 Å². The van der Waals surface area contributed by atoms with Crippen LogP contribution in [0.1, 0.15) is 5.56 Å². The summed E-state index contributed by atoms with van der Waals surface area (Å²) in [4.78, 5) is 10.9. The minimum absolute atomic E-state index is 0.123.